The molecule has 178 valence electrons. The predicted molar refractivity (Wildman–Crippen MR) is 112 cm³/mol. The van der Waals surface area contributed by atoms with Crippen molar-refractivity contribution in [2.75, 3.05) is 5.32 Å². The number of nitro groups is 2. The van der Waals surface area contributed by atoms with Crippen molar-refractivity contribution < 1.29 is 32.5 Å². The maximum atomic E-state index is 12.9. The minimum atomic E-state index is -4.61. The van der Waals surface area contributed by atoms with E-state index in [0.29, 0.717) is 0 Å². The highest BCUT2D eigenvalue weighted by Crippen LogP contribution is 2.34. The second-order valence-corrected chi connectivity index (χ2v) is 7.10. The average molecular weight is 479 g/mol. The Morgan fingerprint density at radius 1 is 1.12 bits per heavy atom. The molecule has 1 N–H and O–H groups in total. The van der Waals surface area contributed by atoms with E-state index in [1.54, 1.807) is 0 Å². The molecule has 0 spiro atoms. The third kappa shape index (κ3) is 5.46. The van der Waals surface area contributed by atoms with Gasteiger partial charge in [-0.3, -0.25) is 29.7 Å². The zero-order valence-electron chi connectivity index (χ0n) is 17.6. The van der Waals surface area contributed by atoms with E-state index in [2.05, 4.69) is 10.4 Å². The van der Waals surface area contributed by atoms with Gasteiger partial charge in [0.15, 0.2) is 0 Å². The summed E-state index contributed by atoms with van der Waals surface area (Å²) >= 11 is 0. The Hall–Kier alpha value is -4.49. The fraction of sp³-hybridized carbons (Fsp3) is 0.200. The molecule has 1 unspecified atom stereocenters. The van der Waals surface area contributed by atoms with Gasteiger partial charge >= 0.3 is 11.9 Å². The normalized spacial score (nSPS) is 12.1. The van der Waals surface area contributed by atoms with E-state index in [0.717, 1.165) is 41.2 Å². The molecule has 0 saturated heterocycles. The Balaban J connectivity index is 1.86. The van der Waals surface area contributed by atoms with Crippen molar-refractivity contribution in [3.63, 3.8) is 0 Å². The summed E-state index contributed by atoms with van der Waals surface area (Å²) in [5.74, 6) is -1.12. The fourth-order valence-electron chi connectivity index (χ4n) is 2.91. The highest BCUT2D eigenvalue weighted by atomic mass is 19.4. The minimum Gasteiger partial charge on any atom is -0.457 e. The lowest BCUT2D eigenvalue weighted by molar-refractivity contribution is -0.385. The number of ether oxygens (including phenoxy) is 1. The van der Waals surface area contributed by atoms with Crippen LogP contribution in [0.25, 0.3) is 0 Å². The molecule has 0 aliphatic carbocycles. The molecule has 3 rings (SSSR count). The maximum absolute atomic E-state index is 12.9. The lowest BCUT2D eigenvalue weighted by Crippen LogP contribution is -2.24. The van der Waals surface area contributed by atoms with Crippen LogP contribution in [0.2, 0.25) is 0 Å². The van der Waals surface area contributed by atoms with E-state index >= 15 is 0 Å². The third-order valence-corrected chi connectivity index (χ3v) is 4.63. The zero-order valence-corrected chi connectivity index (χ0v) is 17.6. The second kappa shape index (κ2) is 9.17. The zero-order chi connectivity index (χ0) is 25.2. The molecule has 34 heavy (non-hydrogen) atoms. The lowest BCUT2D eigenvalue weighted by Gasteiger charge is -2.14. The number of nitrogens with zero attached hydrogens (tertiary/aromatic N) is 4. The molecular weight excluding hydrogens is 463 g/mol. The molecule has 0 saturated carbocycles. The van der Waals surface area contributed by atoms with Gasteiger partial charge in [-0.05, 0) is 32.0 Å². The molecular formula is C20H16F3N5O6. The summed E-state index contributed by atoms with van der Waals surface area (Å²) in [6, 6.07) is 6.10. The van der Waals surface area contributed by atoms with Crippen LogP contribution >= 0.6 is 0 Å². The molecule has 14 heteroatoms. The summed E-state index contributed by atoms with van der Waals surface area (Å²) in [6.45, 7) is 2.81. The summed E-state index contributed by atoms with van der Waals surface area (Å²) in [4.78, 5) is 33.5. The van der Waals surface area contributed by atoms with Gasteiger partial charge in [0.05, 0.1) is 27.2 Å². The summed E-state index contributed by atoms with van der Waals surface area (Å²) in [5.41, 5.74) is -1.73. The molecule has 2 aromatic carbocycles. The number of carbonyl (C=O) groups excluding carboxylic acids is 1. The van der Waals surface area contributed by atoms with Crippen LogP contribution in [0.3, 0.4) is 0 Å². The number of alkyl halides is 3. The number of nitro benzene ring substituents is 1. The van der Waals surface area contributed by atoms with Gasteiger partial charge in [0, 0.05) is 12.1 Å². The van der Waals surface area contributed by atoms with Crippen molar-refractivity contribution in [1.29, 1.82) is 0 Å². The third-order valence-electron chi connectivity index (χ3n) is 4.63. The standard InChI is InChI=1S/C20H16F3N5O6/c1-11-18(28(32)33)10-26(25-11)12(2)19(29)24-14-7-15(27(30)31)9-17(8-14)34-16-5-3-4-13(6-16)20(21,22)23/h3-10,12H,1-2H3,(H,24,29). The topological polar surface area (TPSA) is 142 Å². The van der Waals surface area contributed by atoms with Gasteiger partial charge in [-0.1, -0.05) is 6.07 Å². The second-order valence-electron chi connectivity index (χ2n) is 7.10. The summed E-state index contributed by atoms with van der Waals surface area (Å²) in [7, 11) is 0. The number of hydrogen-bond acceptors (Lipinski definition) is 7. The number of non-ortho nitro benzene ring substituents is 1. The fourth-order valence-corrected chi connectivity index (χ4v) is 2.91. The number of halogens is 3. The summed E-state index contributed by atoms with van der Waals surface area (Å²) in [5, 5.41) is 28.6. The number of rotatable bonds is 7. The van der Waals surface area contributed by atoms with Gasteiger partial charge in [-0.15, -0.1) is 0 Å². The molecule has 1 heterocycles. The van der Waals surface area contributed by atoms with Crippen LogP contribution in [-0.4, -0.2) is 25.5 Å². The van der Waals surface area contributed by atoms with Crippen LogP contribution in [0.15, 0.2) is 48.7 Å². The van der Waals surface area contributed by atoms with Gasteiger partial charge in [0.2, 0.25) is 5.91 Å². The first-order valence-electron chi connectivity index (χ1n) is 9.50. The molecule has 1 atom stereocenters. The van der Waals surface area contributed by atoms with Crippen LogP contribution in [0.4, 0.5) is 30.2 Å². The number of nitrogens with one attached hydrogen (secondary N) is 1. The van der Waals surface area contributed by atoms with Crippen molar-refractivity contribution in [3.05, 3.63) is 80.1 Å². The van der Waals surface area contributed by atoms with Crippen molar-refractivity contribution in [2.24, 2.45) is 0 Å². The van der Waals surface area contributed by atoms with Crippen LogP contribution in [0.1, 0.15) is 24.2 Å². The van der Waals surface area contributed by atoms with E-state index in [1.165, 1.54) is 26.0 Å². The van der Waals surface area contributed by atoms with Crippen molar-refractivity contribution in [1.82, 2.24) is 9.78 Å². The van der Waals surface area contributed by atoms with E-state index in [4.69, 9.17) is 4.74 Å². The quantitative estimate of drug-likeness (QED) is 0.370. The monoisotopic (exact) mass is 479 g/mol. The van der Waals surface area contributed by atoms with Gasteiger partial charge in [0.25, 0.3) is 5.69 Å². The van der Waals surface area contributed by atoms with Crippen molar-refractivity contribution in [3.8, 4) is 11.5 Å². The Bertz CT molecular complexity index is 1270. The molecule has 0 radical (unpaired) electrons. The smallest absolute Gasteiger partial charge is 0.416 e. The summed E-state index contributed by atoms with van der Waals surface area (Å²) < 4.78 is 45.2. The molecule has 0 aliphatic rings. The number of amides is 1. The molecule has 3 aromatic rings. The van der Waals surface area contributed by atoms with Gasteiger partial charge < -0.3 is 10.1 Å². The number of carbonyl (C=O) groups is 1. The SMILES string of the molecule is Cc1nn(C(C)C(=O)Nc2cc(Oc3cccc(C(F)(F)F)c3)cc([N+](=O)[O-])c2)cc1[N+](=O)[O-]. The Morgan fingerprint density at radius 3 is 2.41 bits per heavy atom. The van der Waals surface area contributed by atoms with E-state index in [1.807, 2.05) is 0 Å². The highest BCUT2D eigenvalue weighted by molar-refractivity contribution is 5.94. The van der Waals surface area contributed by atoms with Gasteiger partial charge in [0.1, 0.15) is 29.4 Å². The molecule has 0 aliphatic heterocycles. The van der Waals surface area contributed by atoms with E-state index in [-0.39, 0.29) is 28.6 Å². The Labute approximate surface area is 189 Å². The molecule has 0 fully saturated rings. The van der Waals surface area contributed by atoms with Crippen LogP contribution < -0.4 is 10.1 Å². The number of aromatic nitrogens is 2. The van der Waals surface area contributed by atoms with Crippen LogP contribution in [-0.2, 0) is 11.0 Å². The Morgan fingerprint density at radius 2 is 1.82 bits per heavy atom. The minimum absolute atomic E-state index is 0.0774. The summed E-state index contributed by atoms with van der Waals surface area (Å²) in [6.07, 6.45) is -3.54. The first kappa shape index (κ1) is 24.2. The maximum Gasteiger partial charge on any atom is 0.416 e. The lowest BCUT2D eigenvalue weighted by atomic mass is 10.2. The van der Waals surface area contributed by atoms with Gasteiger partial charge in [-0.25, -0.2) is 0 Å². The van der Waals surface area contributed by atoms with Crippen LogP contribution in [0.5, 0.6) is 11.5 Å². The average Bonchev–Trinajstić information content (AvgIpc) is 3.14. The molecule has 1 amide bonds. The van der Waals surface area contributed by atoms with Crippen LogP contribution in [0, 0.1) is 27.2 Å². The van der Waals surface area contributed by atoms with E-state index < -0.39 is 39.2 Å². The largest absolute Gasteiger partial charge is 0.457 e. The molecule has 0 bridgehead atoms. The first-order valence-corrected chi connectivity index (χ1v) is 9.50. The number of aryl methyl sites for hydroxylation is 1. The van der Waals surface area contributed by atoms with E-state index in [9.17, 15) is 38.2 Å². The highest BCUT2D eigenvalue weighted by Gasteiger charge is 2.30. The molecule has 1 aromatic heterocycles. The van der Waals surface area contributed by atoms with Gasteiger partial charge in [-0.2, -0.15) is 18.3 Å². The van der Waals surface area contributed by atoms with Crippen molar-refractivity contribution in [2.45, 2.75) is 26.1 Å². The molecule has 11 nitrogen and oxygen atoms in total. The predicted octanol–water partition coefficient (Wildman–Crippen LogP) is 5.02. The number of benzene rings is 2. The van der Waals surface area contributed by atoms with Crippen molar-refractivity contribution >= 4 is 23.0 Å². The first-order chi connectivity index (χ1) is 15.8. The number of anilines is 1. The Kier molecular flexibility index (Phi) is 6.51. The number of hydrogen-bond donors (Lipinski definition) is 1.